The van der Waals surface area contributed by atoms with Crippen LogP contribution >= 0.6 is 0 Å². The minimum atomic E-state index is -0.936. The topological polar surface area (TPSA) is 38.3 Å². The van der Waals surface area contributed by atoms with E-state index in [4.69, 9.17) is 4.74 Å². The molecule has 0 radical (unpaired) electrons. The summed E-state index contributed by atoms with van der Waals surface area (Å²) in [7, 11) is 0. The Kier molecular flexibility index (Phi) is 6.36. The maximum absolute atomic E-state index is 12.8. The molecule has 1 aliphatic heterocycles. The summed E-state index contributed by atoms with van der Waals surface area (Å²) in [5, 5.41) is 2.79. The number of esters is 1. The molecule has 0 saturated carbocycles. The number of hydrogen-bond acceptors (Lipinski definition) is 3. The lowest BCUT2D eigenvalue weighted by Gasteiger charge is -2.09. The number of carbonyl (C=O) groups excluding carboxylic acids is 1. The molecular formula is C14H22FNO2. The molecule has 3 nitrogen and oxygen atoms in total. The zero-order valence-corrected chi connectivity index (χ0v) is 10.9. The van der Waals surface area contributed by atoms with Gasteiger partial charge in [0.25, 0.3) is 0 Å². The minimum Gasteiger partial charge on any atom is -0.460 e. The molecule has 1 saturated heterocycles. The summed E-state index contributed by atoms with van der Waals surface area (Å²) in [5.41, 5.74) is 0.936. The van der Waals surface area contributed by atoms with Crippen LogP contribution in [0.4, 0.5) is 4.39 Å². The summed E-state index contributed by atoms with van der Waals surface area (Å²) in [4.78, 5) is 11.5. The zero-order valence-electron chi connectivity index (χ0n) is 10.9. The summed E-state index contributed by atoms with van der Waals surface area (Å²) in [6.45, 7) is 4.49. The smallest absolute Gasteiger partial charge is 0.323 e. The molecule has 2 rings (SSSR count). The van der Waals surface area contributed by atoms with Crippen molar-refractivity contribution in [1.82, 2.24) is 5.32 Å². The van der Waals surface area contributed by atoms with Gasteiger partial charge in [0.2, 0.25) is 0 Å². The van der Waals surface area contributed by atoms with Crippen molar-refractivity contribution in [3.63, 3.8) is 0 Å². The third kappa shape index (κ3) is 4.45. The Hall–Kier alpha value is -1.42. The molecule has 1 aromatic rings. The van der Waals surface area contributed by atoms with Crippen LogP contribution in [0.1, 0.15) is 27.3 Å². The van der Waals surface area contributed by atoms with E-state index in [-0.39, 0.29) is 27.0 Å². The predicted molar refractivity (Wildman–Crippen MR) is 71.0 cm³/mol. The van der Waals surface area contributed by atoms with Crippen LogP contribution < -0.4 is 5.32 Å². The number of alkyl halides is 1. The van der Waals surface area contributed by atoms with E-state index in [1.165, 1.54) is 0 Å². The summed E-state index contributed by atoms with van der Waals surface area (Å²) in [5.74, 6) is -0.371. The van der Waals surface area contributed by atoms with Crippen molar-refractivity contribution in [1.29, 1.82) is 0 Å². The van der Waals surface area contributed by atoms with Crippen LogP contribution in [0.5, 0.6) is 0 Å². The Balaban J connectivity index is 0.00000103. The van der Waals surface area contributed by atoms with E-state index in [0.29, 0.717) is 0 Å². The first-order valence-electron chi connectivity index (χ1n) is 6.34. The molecule has 4 heteroatoms. The molecule has 2 atom stereocenters. The van der Waals surface area contributed by atoms with Gasteiger partial charge in [-0.1, -0.05) is 44.2 Å². The van der Waals surface area contributed by atoms with Crippen molar-refractivity contribution in [2.45, 2.75) is 39.1 Å². The highest BCUT2D eigenvalue weighted by molar-refractivity contribution is 5.76. The fourth-order valence-electron chi connectivity index (χ4n) is 1.70. The molecular weight excluding hydrogens is 233 g/mol. The molecule has 0 bridgehead atoms. The van der Waals surface area contributed by atoms with Gasteiger partial charge in [0.05, 0.1) is 0 Å². The van der Waals surface area contributed by atoms with Crippen LogP contribution in [0.3, 0.4) is 0 Å². The zero-order chi connectivity index (χ0) is 13.4. The van der Waals surface area contributed by atoms with Crippen LogP contribution in [0.25, 0.3) is 0 Å². The SMILES string of the molecule is CC.O=C(OCc1ccccc1)[C@@H]1C[C@@H](F)CN1.[HH]. The molecule has 0 aliphatic carbocycles. The van der Waals surface area contributed by atoms with Gasteiger partial charge in [-0.05, 0) is 5.56 Å². The summed E-state index contributed by atoms with van der Waals surface area (Å²) < 4.78 is 17.9. The number of halogens is 1. The Morgan fingerprint density at radius 1 is 1.44 bits per heavy atom. The summed E-state index contributed by atoms with van der Waals surface area (Å²) in [6.07, 6.45) is -0.720. The third-order valence-electron chi connectivity index (χ3n) is 2.59. The van der Waals surface area contributed by atoms with Crippen molar-refractivity contribution < 1.29 is 15.3 Å². The molecule has 0 amide bonds. The molecule has 18 heavy (non-hydrogen) atoms. The molecule has 1 aromatic carbocycles. The van der Waals surface area contributed by atoms with Gasteiger partial charge in [-0.25, -0.2) is 4.39 Å². The predicted octanol–water partition coefficient (Wildman–Crippen LogP) is 2.70. The Bertz CT molecular complexity index is 362. The lowest BCUT2D eigenvalue weighted by atomic mass is 10.2. The first-order chi connectivity index (χ1) is 8.75. The minimum absolute atomic E-state index is 0. The van der Waals surface area contributed by atoms with E-state index in [2.05, 4.69) is 5.32 Å². The van der Waals surface area contributed by atoms with E-state index < -0.39 is 12.2 Å². The monoisotopic (exact) mass is 255 g/mol. The van der Waals surface area contributed by atoms with Gasteiger partial charge < -0.3 is 10.1 Å². The molecule has 0 unspecified atom stereocenters. The molecule has 0 aromatic heterocycles. The molecule has 1 heterocycles. The van der Waals surface area contributed by atoms with Crippen molar-refractivity contribution in [3.8, 4) is 0 Å². The number of benzene rings is 1. The van der Waals surface area contributed by atoms with E-state index >= 15 is 0 Å². The highest BCUT2D eigenvalue weighted by atomic mass is 19.1. The summed E-state index contributed by atoms with van der Waals surface area (Å²) in [6, 6.07) is 8.94. The van der Waals surface area contributed by atoms with Gasteiger partial charge in [0, 0.05) is 14.4 Å². The molecule has 1 aliphatic rings. The van der Waals surface area contributed by atoms with Gasteiger partial charge in [-0.15, -0.1) is 0 Å². The second kappa shape index (κ2) is 7.82. The van der Waals surface area contributed by atoms with E-state index in [1.54, 1.807) is 0 Å². The fraction of sp³-hybridized carbons (Fsp3) is 0.500. The first kappa shape index (κ1) is 14.6. The highest BCUT2D eigenvalue weighted by Gasteiger charge is 2.30. The first-order valence-corrected chi connectivity index (χ1v) is 6.34. The van der Waals surface area contributed by atoms with Gasteiger partial charge in [-0.2, -0.15) is 0 Å². The van der Waals surface area contributed by atoms with Gasteiger partial charge in [0.1, 0.15) is 18.8 Å². The second-order valence-electron chi connectivity index (χ2n) is 3.89. The van der Waals surface area contributed by atoms with E-state index in [9.17, 15) is 9.18 Å². The summed E-state index contributed by atoms with van der Waals surface area (Å²) >= 11 is 0. The van der Waals surface area contributed by atoms with E-state index in [1.807, 2.05) is 44.2 Å². The van der Waals surface area contributed by atoms with Crippen LogP contribution in [-0.2, 0) is 16.1 Å². The van der Waals surface area contributed by atoms with Gasteiger partial charge in [-0.3, -0.25) is 4.79 Å². The average Bonchev–Trinajstić information content (AvgIpc) is 2.86. The Morgan fingerprint density at radius 2 is 2.11 bits per heavy atom. The molecule has 1 fully saturated rings. The number of carbonyl (C=O) groups is 1. The van der Waals surface area contributed by atoms with Crippen molar-refractivity contribution in [3.05, 3.63) is 35.9 Å². The van der Waals surface area contributed by atoms with Gasteiger partial charge >= 0.3 is 5.97 Å². The molecule has 0 spiro atoms. The third-order valence-corrected chi connectivity index (χ3v) is 2.59. The number of hydrogen-bond donors (Lipinski definition) is 1. The van der Waals surface area contributed by atoms with Crippen LogP contribution in [0.2, 0.25) is 0 Å². The fourth-order valence-corrected chi connectivity index (χ4v) is 1.70. The van der Waals surface area contributed by atoms with Gasteiger partial charge in [0.15, 0.2) is 0 Å². The Labute approximate surface area is 109 Å². The maximum Gasteiger partial charge on any atom is 0.323 e. The lowest BCUT2D eigenvalue weighted by molar-refractivity contribution is -0.147. The number of ether oxygens (including phenoxy) is 1. The molecule has 1 N–H and O–H groups in total. The maximum atomic E-state index is 12.8. The highest BCUT2D eigenvalue weighted by Crippen LogP contribution is 2.12. The number of nitrogens with one attached hydrogen (secondary N) is 1. The molecule has 102 valence electrons. The van der Waals surface area contributed by atoms with E-state index in [0.717, 1.165) is 5.56 Å². The van der Waals surface area contributed by atoms with Crippen molar-refractivity contribution in [2.24, 2.45) is 0 Å². The van der Waals surface area contributed by atoms with Crippen LogP contribution in [0.15, 0.2) is 30.3 Å². The standard InChI is InChI=1S/C12H14FNO2.C2H6.H2/c13-10-6-11(14-7-10)12(15)16-8-9-4-2-1-3-5-9;1-2;/h1-5,10-11,14H,6-8H2;1-2H3;1H/t10-,11+;;/m1../s1. The van der Waals surface area contributed by atoms with Crippen molar-refractivity contribution in [2.75, 3.05) is 6.54 Å². The quantitative estimate of drug-likeness (QED) is 0.844. The lowest BCUT2D eigenvalue weighted by Crippen LogP contribution is -2.32. The van der Waals surface area contributed by atoms with Crippen molar-refractivity contribution >= 4 is 5.97 Å². The van der Waals surface area contributed by atoms with Crippen LogP contribution in [-0.4, -0.2) is 24.7 Å². The second-order valence-corrected chi connectivity index (χ2v) is 3.89. The normalized spacial score (nSPS) is 21.9. The number of rotatable bonds is 3. The Morgan fingerprint density at radius 3 is 2.67 bits per heavy atom. The largest absolute Gasteiger partial charge is 0.460 e. The van der Waals surface area contributed by atoms with Crippen LogP contribution in [0, 0.1) is 0 Å². The average molecular weight is 255 g/mol.